The summed E-state index contributed by atoms with van der Waals surface area (Å²) in [6.45, 7) is 2.09. The summed E-state index contributed by atoms with van der Waals surface area (Å²) < 4.78 is 0. The second-order valence-corrected chi connectivity index (χ2v) is 2.14. The molecule has 0 atom stereocenters. The van der Waals surface area contributed by atoms with Gasteiger partial charge in [-0.15, -0.1) is 0 Å². The Hall–Kier alpha value is 0.320. The minimum absolute atomic E-state index is 0.633. The summed E-state index contributed by atoms with van der Waals surface area (Å²) in [4.78, 5) is 0. The molecule has 0 saturated heterocycles. The summed E-state index contributed by atoms with van der Waals surface area (Å²) in [5.74, 6) is 0. The monoisotopic (exact) mass is 151 g/mol. The zero-order valence-electron chi connectivity index (χ0n) is 4.82. The summed E-state index contributed by atoms with van der Waals surface area (Å²) >= 11 is 10.8. The minimum Gasteiger partial charge on any atom is -0.0917 e. The van der Waals surface area contributed by atoms with Gasteiger partial charge in [-0.1, -0.05) is 36.5 Å². The largest absolute Gasteiger partial charge is 0.0917 e. The quantitative estimate of drug-likeness (QED) is 0.581. The van der Waals surface area contributed by atoms with Crippen molar-refractivity contribution in [1.29, 1.82) is 0 Å². The lowest BCUT2D eigenvalue weighted by atomic mass is 10.2. The molecule has 0 aromatic carbocycles. The molecule has 0 spiro atoms. The first-order chi connectivity index (χ1) is 3.81. The highest BCUT2D eigenvalue weighted by molar-refractivity contribution is 6.37. The predicted octanol–water partition coefficient (Wildman–Crippen LogP) is 3.31. The van der Waals surface area contributed by atoms with E-state index >= 15 is 0 Å². The maximum Gasteiger partial charge on any atom is 0.0331 e. The van der Waals surface area contributed by atoms with Crippen LogP contribution in [0.2, 0.25) is 0 Å². The number of halogens is 2. The van der Waals surface area contributed by atoms with E-state index in [-0.39, 0.29) is 0 Å². The topological polar surface area (TPSA) is 0 Å². The van der Waals surface area contributed by atoms with Crippen molar-refractivity contribution in [1.82, 2.24) is 0 Å². The van der Waals surface area contributed by atoms with Gasteiger partial charge in [-0.3, -0.25) is 0 Å². The second-order valence-electron chi connectivity index (χ2n) is 1.49. The van der Waals surface area contributed by atoms with Crippen LogP contribution in [0.1, 0.15) is 19.8 Å². The molecule has 0 N–H and O–H groups in total. The van der Waals surface area contributed by atoms with Gasteiger partial charge in [0, 0.05) is 17.0 Å². The third-order valence-electron chi connectivity index (χ3n) is 0.732. The molecule has 2 heteroatoms. The molecule has 0 aliphatic heterocycles. The van der Waals surface area contributed by atoms with E-state index in [9.17, 15) is 0 Å². The van der Waals surface area contributed by atoms with E-state index in [1.807, 2.05) is 6.42 Å². The fourth-order valence-corrected chi connectivity index (χ4v) is 0.525. The van der Waals surface area contributed by atoms with Crippen LogP contribution in [0.25, 0.3) is 0 Å². The van der Waals surface area contributed by atoms with E-state index in [4.69, 9.17) is 23.2 Å². The highest BCUT2D eigenvalue weighted by Crippen LogP contribution is 2.10. The number of unbranched alkanes of at least 4 members (excludes halogenated alkanes) is 1. The fourth-order valence-electron chi connectivity index (χ4n) is 0.327. The van der Waals surface area contributed by atoms with Crippen molar-refractivity contribution < 1.29 is 0 Å². The summed E-state index contributed by atoms with van der Waals surface area (Å²) in [6.07, 6.45) is 4.01. The fraction of sp³-hybridized carbons (Fsp3) is 0.500. The zero-order valence-corrected chi connectivity index (χ0v) is 6.34. The van der Waals surface area contributed by atoms with Crippen LogP contribution >= 0.6 is 23.2 Å². The van der Waals surface area contributed by atoms with Crippen molar-refractivity contribution in [3.8, 4) is 0 Å². The van der Waals surface area contributed by atoms with Crippen molar-refractivity contribution in [3.05, 3.63) is 17.0 Å². The van der Waals surface area contributed by atoms with Crippen molar-refractivity contribution in [2.24, 2.45) is 0 Å². The van der Waals surface area contributed by atoms with Crippen LogP contribution in [0, 0.1) is 6.42 Å². The SMILES string of the molecule is CCC[CH]/C(Cl)=C/Cl. The van der Waals surface area contributed by atoms with Gasteiger partial charge in [0.05, 0.1) is 0 Å². The van der Waals surface area contributed by atoms with Gasteiger partial charge in [-0.25, -0.2) is 0 Å². The minimum atomic E-state index is 0.633. The second kappa shape index (κ2) is 5.46. The lowest BCUT2D eigenvalue weighted by Gasteiger charge is -1.90. The molecule has 0 amide bonds. The van der Waals surface area contributed by atoms with Crippen molar-refractivity contribution in [2.75, 3.05) is 0 Å². The van der Waals surface area contributed by atoms with Crippen LogP contribution in [0.5, 0.6) is 0 Å². The van der Waals surface area contributed by atoms with Crippen LogP contribution in [-0.2, 0) is 0 Å². The molecular formula is C6H9Cl2. The number of hydrogen-bond donors (Lipinski definition) is 0. The first-order valence-corrected chi connectivity index (χ1v) is 3.41. The Morgan fingerprint density at radius 1 is 1.62 bits per heavy atom. The van der Waals surface area contributed by atoms with Crippen LogP contribution in [0.15, 0.2) is 10.6 Å². The number of hydrogen-bond acceptors (Lipinski definition) is 0. The molecule has 0 nitrogen and oxygen atoms in total. The smallest absolute Gasteiger partial charge is 0.0331 e. The van der Waals surface area contributed by atoms with Crippen molar-refractivity contribution in [2.45, 2.75) is 19.8 Å². The van der Waals surface area contributed by atoms with Gasteiger partial charge in [0.1, 0.15) is 0 Å². The molecule has 0 heterocycles. The van der Waals surface area contributed by atoms with Gasteiger partial charge in [0.2, 0.25) is 0 Å². The standard InChI is InChI=1S/C6H9Cl2/c1-2-3-4-6(8)5-7/h4-5H,2-3H2,1H3/b6-5-. The summed E-state index contributed by atoms with van der Waals surface area (Å²) in [5, 5.41) is 0.633. The van der Waals surface area contributed by atoms with Gasteiger partial charge >= 0.3 is 0 Å². The molecule has 0 aromatic rings. The van der Waals surface area contributed by atoms with Crippen molar-refractivity contribution >= 4 is 23.2 Å². The van der Waals surface area contributed by atoms with E-state index < -0.39 is 0 Å². The average Bonchev–Trinajstić information content (AvgIpc) is 1.83. The molecule has 0 saturated carbocycles. The Labute approximate surface area is 60.5 Å². The zero-order chi connectivity index (χ0) is 6.41. The van der Waals surface area contributed by atoms with E-state index in [1.165, 1.54) is 5.54 Å². The van der Waals surface area contributed by atoms with Gasteiger partial charge < -0.3 is 0 Å². The van der Waals surface area contributed by atoms with Gasteiger partial charge in [0.25, 0.3) is 0 Å². The summed E-state index contributed by atoms with van der Waals surface area (Å²) in [5.41, 5.74) is 1.37. The molecule has 0 aliphatic rings. The Morgan fingerprint density at radius 3 is 2.62 bits per heavy atom. The maximum atomic E-state index is 5.52. The highest BCUT2D eigenvalue weighted by Gasteiger charge is 1.88. The van der Waals surface area contributed by atoms with Crippen LogP contribution in [-0.4, -0.2) is 0 Å². The molecule has 1 radical (unpaired) electrons. The Kier molecular flexibility index (Phi) is 5.67. The highest BCUT2D eigenvalue weighted by atomic mass is 35.5. The maximum absolute atomic E-state index is 5.52. The Bertz CT molecular complexity index is 76.6. The molecule has 0 rings (SSSR count). The van der Waals surface area contributed by atoms with E-state index in [0.29, 0.717) is 5.03 Å². The molecular weight excluding hydrogens is 143 g/mol. The summed E-state index contributed by atoms with van der Waals surface area (Å²) in [7, 11) is 0. The Balaban J connectivity index is 3.12. The molecule has 0 fully saturated rings. The molecule has 0 unspecified atom stereocenters. The molecule has 0 aromatic heterocycles. The first-order valence-electron chi connectivity index (χ1n) is 2.60. The lowest BCUT2D eigenvalue weighted by molar-refractivity contribution is 0.919. The van der Waals surface area contributed by atoms with Gasteiger partial charge in [-0.2, -0.15) is 0 Å². The molecule has 47 valence electrons. The third-order valence-corrected chi connectivity index (χ3v) is 1.34. The third kappa shape index (κ3) is 4.48. The molecule has 0 bridgehead atoms. The Morgan fingerprint density at radius 2 is 2.25 bits per heavy atom. The first kappa shape index (κ1) is 8.32. The van der Waals surface area contributed by atoms with Crippen molar-refractivity contribution in [3.63, 3.8) is 0 Å². The van der Waals surface area contributed by atoms with E-state index in [2.05, 4.69) is 6.92 Å². The van der Waals surface area contributed by atoms with E-state index in [1.54, 1.807) is 0 Å². The average molecular weight is 152 g/mol. The van der Waals surface area contributed by atoms with Crippen LogP contribution in [0.3, 0.4) is 0 Å². The van der Waals surface area contributed by atoms with Gasteiger partial charge in [-0.05, 0) is 6.42 Å². The number of allylic oxidation sites excluding steroid dienone is 1. The number of rotatable bonds is 3. The van der Waals surface area contributed by atoms with E-state index in [0.717, 1.165) is 12.8 Å². The van der Waals surface area contributed by atoms with Crippen LogP contribution < -0.4 is 0 Å². The lowest BCUT2D eigenvalue weighted by Crippen LogP contribution is -1.72. The molecule has 0 aliphatic carbocycles. The summed E-state index contributed by atoms with van der Waals surface area (Å²) in [6, 6.07) is 0. The molecule has 8 heavy (non-hydrogen) atoms. The van der Waals surface area contributed by atoms with Gasteiger partial charge in [0.15, 0.2) is 0 Å². The normalized spacial score (nSPS) is 12.1. The van der Waals surface area contributed by atoms with Crippen LogP contribution in [0.4, 0.5) is 0 Å². The predicted molar refractivity (Wildman–Crippen MR) is 39.0 cm³/mol.